The van der Waals surface area contributed by atoms with Gasteiger partial charge in [0.15, 0.2) is 5.78 Å². The predicted octanol–water partition coefficient (Wildman–Crippen LogP) is 4.08. The van der Waals surface area contributed by atoms with Gasteiger partial charge in [-0.25, -0.2) is 0 Å². The number of rotatable bonds is 6. The predicted molar refractivity (Wildman–Crippen MR) is 89.4 cm³/mol. The van der Waals surface area contributed by atoms with Crippen LogP contribution in [0.3, 0.4) is 0 Å². The molecule has 122 valence electrons. The molecule has 1 atom stereocenters. The van der Waals surface area contributed by atoms with E-state index in [0.29, 0.717) is 5.56 Å². The largest absolute Gasteiger partial charge is 0.467 e. The van der Waals surface area contributed by atoms with E-state index in [1.54, 1.807) is 24.3 Å². The fourth-order valence-electron chi connectivity index (χ4n) is 2.39. The Kier molecular flexibility index (Phi) is 5.37. The Morgan fingerprint density at radius 3 is 2.48 bits per heavy atom. The fraction of sp³-hybridized carbons (Fsp3) is 0.368. The van der Waals surface area contributed by atoms with E-state index < -0.39 is 0 Å². The molecule has 0 N–H and O–H groups in total. The SMILES string of the molecule is Cc1ccc(C(=O)CCC(=O)N(C)C(C)c2ccco2)cc1C. The summed E-state index contributed by atoms with van der Waals surface area (Å²) < 4.78 is 5.33. The van der Waals surface area contributed by atoms with Crippen molar-refractivity contribution in [2.24, 2.45) is 0 Å². The van der Waals surface area contributed by atoms with Crippen molar-refractivity contribution in [3.05, 3.63) is 59.0 Å². The van der Waals surface area contributed by atoms with Crippen molar-refractivity contribution in [1.82, 2.24) is 4.90 Å². The Bertz CT molecular complexity index is 689. The quantitative estimate of drug-likeness (QED) is 0.755. The van der Waals surface area contributed by atoms with E-state index in [9.17, 15) is 9.59 Å². The summed E-state index contributed by atoms with van der Waals surface area (Å²) in [5.41, 5.74) is 2.91. The summed E-state index contributed by atoms with van der Waals surface area (Å²) in [6.07, 6.45) is 2.01. The van der Waals surface area contributed by atoms with E-state index in [1.165, 1.54) is 0 Å². The van der Waals surface area contributed by atoms with E-state index >= 15 is 0 Å². The van der Waals surface area contributed by atoms with Crippen LogP contribution in [0, 0.1) is 13.8 Å². The maximum absolute atomic E-state index is 12.3. The van der Waals surface area contributed by atoms with Crippen molar-refractivity contribution < 1.29 is 14.0 Å². The second kappa shape index (κ2) is 7.27. The van der Waals surface area contributed by atoms with Crippen LogP contribution in [0.1, 0.15) is 53.1 Å². The highest BCUT2D eigenvalue weighted by atomic mass is 16.3. The molecule has 4 heteroatoms. The lowest BCUT2D eigenvalue weighted by atomic mass is 10.0. The smallest absolute Gasteiger partial charge is 0.223 e. The highest BCUT2D eigenvalue weighted by Crippen LogP contribution is 2.20. The molecule has 1 heterocycles. The zero-order valence-electron chi connectivity index (χ0n) is 14.1. The Labute approximate surface area is 137 Å². The van der Waals surface area contributed by atoms with Crippen LogP contribution in [0.5, 0.6) is 0 Å². The number of aryl methyl sites for hydroxylation is 2. The molecule has 1 unspecified atom stereocenters. The molecule has 1 aromatic heterocycles. The van der Waals surface area contributed by atoms with Crippen LogP contribution in [0.25, 0.3) is 0 Å². The van der Waals surface area contributed by atoms with Crippen molar-refractivity contribution in [1.29, 1.82) is 0 Å². The zero-order chi connectivity index (χ0) is 17.0. The standard InChI is InChI=1S/C19H23NO3/c1-13-7-8-16(12-14(13)2)17(21)9-10-19(22)20(4)15(3)18-6-5-11-23-18/h5-8,11-12,15H,9-10H2,1-4H3. The van der Waals surface area contributed by atoms with Crippen molar-refractivity contribution in [3.63, 3.8) is 0 Å². The Balaban J connectivity index is 1.93. The molecule has 23 heavy (non-hydrogen) atoms. The van der Waals surface area contributed by atoms with Crippen LogP contribution in [0.15, 0.2) is 41.0 Å². The Morgan fingerprint density at radius 2 is 1.87 bits per heavy atom. The molecule has 0 fully saturated rings. The molecule has 0 saturated heterocycles. The van der Waals surface area contributed by atoms with Gasteiger partial charge < -0.3 is 9.32 Å². The molecule has 2 rings (SSSR count). The van der Waals surface area contributed by atoms with Crippen LogP contribution in [0.2, 0.25) is 0 Å². The molecule has 1 aromatic carbocycles. The first-order valence-corrected chi connectivity index (χ1v) is 7.79. The van der Waals surface area contributed by atoms with E-state index in [1.807, 2.05) is 45.0 Å². The lowest BCUT2D eigenvalue weighted by molar-refractivity contribution is -0.132. The molecule has 0 aliphatic carbocycles. The highest BCUT2D eigenvalue weighted by molar-refractivity contribution is 5.98. The minimum atomic E-state index is -0.144. The summed E-state index contributed by atoms with van der Waals surface area (Å²) in [7, 11) is 1.73. The van der Waals surface area contributed by atoms with Gasteiger partial charge in [0.05, 0.1) is 12.3 Å². The number of carbonyl (C=O) groups excluding carboxylic acids is 2. The number of amides is 1. The second-order valence-corrected chi connectivity index (χ2v) is 5.92. The third-order valence-corrected chi connectivity index (χ3v) is 4.32. The molecule has 0 bridgehead atoms. The maximum Gasteiger partial charge on any atom is 0.223 e. The summed E-state index contributed by atoms with van der Waals surface area (Å²) in [5.74, 6) is 0.674. The molecule has 0 saturated carbocycles. The monoisotopic (exact) mass is 313 g/mol. The molecule has 0 aliphatic heterocycles. The van der Waals surface area contributed by atoms with Crippen molar-refractivity contribution in [2.45, 2.75) is 39.7 Å². The molecule has 4 nitrogen and oxygen atoms in total. The van der Waals surface area contributed by atoms with Crippen LogP contribution < -0.4 is 0 Å². The van der Waals surface area contributed by atoms with Crippen LogP contribution in [0.4, 0.5) is 0 Å². The maximum atomic E-state index is 12.3. The lowest BCUT2D eigenvalue weighted by Crippen LogP contribution is -2.29. The number of nitrogens with zero attached hydrogens (tertiary/aromatic N) is 1. The van der Waals surface area contributed by atoms with Gasteiger partial charge in [-0.05, 0) is 50.1 Å². The third-order valence-electron chi connectivity index (χ3n) is 4.32. The first-order chi connectivity index (χ1) is 10.9. The van der Waals surface area contributed by atoms with Crippen molar-refractivity contribution >= 4 is 11.7 Å². The summed E-state index contributed by atoms with van der Waals surface area (Å²) in [4.78, 5) is 26.1. The molecular weight excluding hydrogens is 290 g/mol. The van der Waals surface area contributed by atoms with Gasteiger partial charge in [0.25, 0.3) is 0 Å². The second-order valence-electron chi connectivity index (χ2n) is 5.92. The first-order valence-electron chi connectivity index (χ1n) is 7.79. The number of furan rings is 1. The van der Waals surface area contributed by atoms with E-state index in [2.05, 4.69) is 0 Å². The topological polar surface area (TPSA) is 50.5 Å². The van der Waals surface area contributed by atoms with Gasteiger partial charge in [-0.1, -0.05) is 12.1 Å². The van der Waals surface area contributed by atoms with Gasteiger partial charge in [0.1, 0.15) is 5.76 Å². The Hall–Kier alpha value is -2.36. The highest BCUT2D eigenvalue weighted by Gasteiger charge is 2.20. The summed E-state index contributed by atoms with van der Waals surface area (Å²) in [5, 5.41) is 0. The molecule has 0 radical (unpaired) electrons. The number of hydrogen-bond acceptors (Lipinski definition) is 3. The number of ketones is 1. The third kappa shape index (κ3) is 4.09. The van der Waals surface area contributed by atoms with Crippen LogP contribution >= 0.6 is 0 Å². The van der Waals surface area contributed by atoms with Crippen molar-refractivity contribution in [3.8, 4) is 0 Å². The van der Waals surface area contributed by atoms with Gasteiger partial charge in [-0.15, -0.1) is 0 Å². The average Bonchev–Trinajstić information content (AvgIpc) is 3.07. The average molecular weight is 313 g/mol. The molecule has 2 aromatic rings. The van der Waals surface area contributed by atoms with Crippen LogP contribution in [-0.2, 0) is 4.79 Å². The number of benzene rings is 1. The molecule has 1 amide bonds. The van der Waals surface area contributed by atoms with Gasteiger partial charge in [-0.2, -0.15) is 0 Å². The van der Waals surface area contributed by atoms with E-state index in [4.69, 9.17) is 4.42 Å². The minimum absolute atomic E-state index is 0.000465. The van der Waals surface area contributed by atoms with Gasteiger partial charge in [0, 0.05) is 25.5 Å². The van der Waals surface area contributed by atoms with Gasteiger partial charge >= 0.3 is 0 Å². The summed E-state index contributed by atoms with van der Waals surface area (Å²) in [6, 6.07) is 9.15. The fourth-order valence-corrected chi connectivity index (χ4v) is 2.39. The zero-order valence-corrected chi connectivity index (χ0v) is 14.1. The number of hydrogen-bond donors (Lipinski definition) is 0. The normalized spacial score (nSPS) is 12.0. The van der Waals surface area contributed by atoms with E-state index in [-0.39, 0.29) is 30.6 Å². The van der Waals surface area contributed by atoms with Gasteiger partial charge in [0.2, 0.25) is 5.91 Å². The molecule has 0 spiro atoms. The van der Waals surface area contributed by atoms with E-state index in [0.717, 1.165) is 16.9 Å². The molecule has 0 aliphatic rings. The molecular formula is C19H23NO3. The minimum Gasteiger partial charge on any atom is -0.467 e. The summed E-state index contributed by atoms with van der Waals surface area (Å²) in [6.45, 7) is 5.90. The number of carbonyl (C=O) groups is 2. The van der Waals surface area contributed by atoms with Gasteiger partial charge in [-0.3, -0.25) is 9.59 Å². The number of Topliss-reactive ketones (excluding diaryl/α,β-unsaturated/α-hetero) is 1. The lowest BCUT2D eigenvalue weighted by Gasteiger charge is -2.23. The van der Waals surface area contributed by atoms with Crippen molar-refractivity contribution in [2.75, 3.05) is 7.05 Å². The summed E-state index contributed by atoms with van der Waals surface area (Å²) >= 11 is 0. The van der Waals surface area contributed by atoms with Crippen LogP contribution in [-0.4, -0.2) is 23.6 Å². The Morgan fingerprint density at radius 1 is 1.13 bits per heavy atom. The first kappa shape index (κ1) is 17.0.